The molecule has 2 aliphatic heterocycles. The molecule has 5 nitrogen and oxygen atoms in total. The van der Waals surface area contributed by atoms with Crippen LogP contribution >= 0.6 is 0 Å². The summed E-state index contributed by atoms with van der Waals surface area (Å²) in [6.07, 6.45) is 8.45. The summed E-state index contributed by atoms with van der Waals surface area (Å²) in [5.74, 6) is 0. The molecule has 0 amide bonds. The maximum absolute atomic E-state index is 4.30. The lowest BCUT2D eigenvalue weighted by Crippen LogP contribution is -2.27. The first-order chi connectivity index (χ1) is 8.42. The van der Waals surface area contributed by atoms with E-state index < -0.39 is 0 Å². The fourth-order valence-corrected chi connectivity index (χ4v) is 2.80. The van der Waals surface area contributed by atoms with Crippen LogP contribution in [0.25, 0.3) is 0 Å². The van der Waals surface area contributed by atoms with E-state index in [1.165, 1.54) is 32.1 Å². The SMILES string of the molecule is c1c(C2CCCCN2)nnn1CC1CCCN1. The van der Waals surface area contributed by atoms with Crippen LogP contribution < -0.4 is 10.6 Å². The topological polar surface area (TPSA) is 54.8 Å². The molecule has 94 valence electrons. The van der Waals surface area contributed by atoms with Crippen LogP contribution in [-0.4, -0.2) is 34.1 Å². The van der Waals surface area contributed by atoms with Crippen molar-refractivity contribution in [2.24, 2.45) is 0 Å². The van der Waals surface area contributed by atoms with E-state index in [0.29, 0.717) is 12.1 Å². The molecule has 3 rings (SSSR count). The van der Waals surface area contributed by atoms with Crippen LogP contribution in [0.3, 0.4) is 0 Å². The minimum Gasteiger partial charge on any atom is -0.312 e. The van der Waals surface area contributed by atoms with Gasteiger partial charge in [0.25, 0.3) is 0 Å². The van der Waals surface area contributed by atoms with Gasteiger partial charge in [-0.15, -0.1) is 5.10 Å². The molecule has 2 fully saturated rings. The van der Waals surface area contributed by atoms with E-state index in [4.69, 9.17) is 0 Å². The van der Waals surface area contributed by atoms with E-state index in [1.54, 1.807) is 0 Å². The summed E-state index contributed by atoms with van der Waals surface area (Å²) in [4.78, 5) is 0. The van der Waals surface area contributed by atoms with Gasteiger partial charge in [0.2, 0.25) is 0 Å². The zero-order valence-corrected chi connectivity index (χ0v) is 10.2. The Morgan fingerprint density at radius 1 is 1.18 bits per heavy atom. The molecule has 0 spiro atoms. The van der Waals surface area contributed by atoms with Gasteiger partial charge in [-0.25, -0.2) is 0 Å². The van der Waals surface area contributed by atoms with Crippen molar-refractivity contribution < 1.29 is 0 Å². The molecule has 0 saturated carbocycles. The molecular weight excluding hydrogens is 214 g/mol. The summed E-state index contributed by atoms with van der Waals surface area (Å²) in [6, 6.07) is 1.01. The van der Waals surface area contributed by atoms with E-state index >= 15 is 0 Å². The van der Waals surface area contributed by atoms with Crippen LogP contribution in [0.1, 0.15) is 43.8 Å². The summed E-state index contributed by atoms with van der Waals surface area (Å²) in [6.45, 7) is 3.22. The van der Waals surface area contributed by atoms with Crippen LogP contribution in [0.2, 0.25) is 0 Å². The van der Waals surface area contributed by atoms with Crippen molar-refractivity contribution in [2.45, 2.75) is 50.7 Å². The molecule has 0 aromatic carbocycles. The van der Waals surface area contributed by atoms with Crippen LogP contribution in [0.4, 0.5) is 0 Å². The van der Waals surface area contributed by atoms with Crippen molar-refractivity contribution in [3.63, 3.8) is 0 Å². The minimum atomic E-state index is 0.425. The number of hydrogen-bond acceptors (Lipinski definition) is 4. The van der Waals surface area contributed by atoms with E-state index in [0.717, 1.165) is 25.3 Å². The lowest BCUT2D eigenvalue weighted by Gasteiger charge is -2.20. The summed E-state index contributed by atoms with van der Waals surface area (Å²) in [7, 11) is 0. The molecule has 2 saturated heterocycles. The average Bonchev–Trinajstić information content (AvgIpc) is 3.02. The predicted molar refractivity (Wildman–Crippen MR) is 65.6 cm³/mol. The molecule has 17 heavy (non-hydrogen) atoms. The number of nitrogens with zero attached hydrogens (tertiary/aromatic N) is 3. The Bertz CT molecular complexity index is 350. The van der Waals surface area contributed by atoms with Crippen LogP contribution in [-0.2, 0) is 6.54 Å². The minimum absolute atomic E-state index is 0.425. The smallest absolute Gasteiger partial charge is 0.0996 e. The Morgan fingerprint density at radius 2 is 2.12 bits per heavy atom. The Labute approximate surface area is 102 Å². The second-order valence-electron chi connectivity index (χ2n) is 5.16. The van der Waals surface area contributed by atoms with Gasteiger partial charge in [-0.2, -0.15) is 0 Å². The quantitative estimate of drug-likeness (QED) is 0.815. The van der Waals surface area contributed by atoms with Crippen molar-refractivity contribution >= 4 is 0 Å². The summed E-state index contributed by atoms with van der Waals surface area (Å²) >= 11 is 0. The molecule has 2 N–H and O–H groups in total. The number of hydrogen-bond donors (Lipinski definition) is 2. The second-order valence-corrected chi connectivity index (χ2v) is 5.16. The van der Waals surface area contributed by atoms with E-state index in [2.05, 4.69) is 27.1 Å². The monoisotopic (exact) mass is 235 g/mol. The molecule has 0 bridgehead atoms. The second kappa shape index (κ2) is 5.14. The van der Waals surface area contributed by atoms with Crippen molar-refractivity contribution in [1.29, 1.82) is 0 Å². The molecule has 2 aliphatic rings. The highest BCUT2D eigenvalue weighted by atomic mass is 15.4. The van der Waals surface area contributed by atoms with Gasteiger partial charge in [-0.3, -0.25) is 4.68 Å². The maximum atomic E-state index is 4.30. The largest absolute Gasteiger partial charge is 0.312 e. The molecule has 2 atom stereocenters. The van der Waals surface area contributed by atoms with Crippen molar-refractivity contribution in [2.75, 3.05) is 13.1 Å². The third-order valence-corrected chi connectivity index (χ3v) is 3.79. The Kier molecular flexibility index (Phi) is 3.38. The van der Waals surface area contributed by atoms with Crippen molar-refractivity contribution in [1.82, 2.24) is 25.6 Å². The highest BCUT2D eigenvalue weighted by molar-refractivity contribution is 5.02. The Morgan fingerprint density at radius 3 is 2.88 bits per heavy atom. The van der Waals surface area contributed by atoms with Gasteiger partial charge >= 0.3 is 0 Å². The van der Waals surface area contributed by atoms with Crippen molar-refractivity contribution in [3.05, 3.63) is 11.9 Å². The van der Waals surface area contributed by atoms with Gasteiger partial charge in [-0.1, -0.05) is 11.6 Å². The number of rotatable bonds is 3. The van der Waals surface area contributed by atoms with Gasteiger partial charge in [0.15, 0.2) is 0 Å². The summed E-state index contributed by atoms with van der Waals surface area (Å²) in [5.41, 5.74) is 1.11. The molecule has 1 aromatic rings. The maximum Gasteiger partial charge on any atom is 0.0996 e. The molecular formula is C12H21N5. The molecule has 2 unspecified atom stereocenters. The fourth-order valence-electron chi connectivity index (χ4n) is 2.80. The van der Waals surface area contributed by atoms with E-state index in [9.17, 15) is 0 Å². The molecule has 1 aromatic heterocycles. The third-order valence-electron chi connectivity index (χ3n) is 3.79. The van der Waals surface area contributed by atoms with Gasteiger partial charge in [0.1, 0.15) is 0 Å². The zero-order valence-electron chi connectivity index (χ0n) is 10.2. The summed E-state index contributed by atoms with van der Waals surface area (Å²) < 4.78 is 1.99. The van der Waals surface area contributed by atoms with Crippen LogP contribution in [0.15, 0.2) is 6.20 Å². The van der Waals surface area contributed by atoms with Crippen molar-refractivity contribution in [3.8, 4) is 0 Å². The fraction of sp³-hybridized carbons (Fsp3) is 0.833. The predicted octanol–water partition coefficient (Wildman–Crippen LogP) is 0.845. The first-order valence-electron chi connectivity index (χ1n) is 6.78. The zero-order chi connectivity index (χ0) is 11.5. The first-order valence-corrected chi connectivity index (χ1v) is 6.78. The Balaban J connectivity index is 1.60. The standard InChI is InChI=1S/C12H21N5/c1-2-6-14-11(5-1)12-9-17(16-15-12)8-10-4-3-7-13-10/h9-11,13-14H,1-8H2. The Hall–Kier alpha value is -0.940. The van der Waals surface area contributed by atoms with Gasteiger partial charge in [-0.05, 0) is 38.8 Å². The highest BCUT2D eigenvalue weighted by Crippen LogP contribution is 2.20. The molecule has 0 aliphatic carbocycles. The lowest BCUT2D eigenvalue weighted by atomic mass is 10.0. The lowest BCUT2D eigenvalue weighted by molar-refractivity contribution is 0.405. The average molecular weight is 235 g/mol. The van der Waals surface area contributed by atoms with Crippen LogP contribution in [0, 0.1) is 0 Å². The van der Waals surface area contributed by atoms with E-state index in [1.807, 2.05) is 4.68 Å². The number of piperidine rings is 1. The number of nitrogens with one attached hydrogen (secondary N) is 2. The van der Waals surface area contributed by atoms with Gasteiger partial charge in [0.05, 0.1) is 24.5 Å². The van der Waals surface area contributed by atoms with Gasteiger partial charge < -0.3 is 10.6 Å². The third kappa shape index (κ3) is 2.66. The summed E-state index contributed by atoms with van der Waals surface area (Å²) in [5, 5.41) is 15.5. The number of aromatic nitrogens is 3. The molecule has 3 heterocycles. The first kappa shape index (κ1) is 11.2. The normalized spacial score (nSPS) is 29.6. The van der Waals surface area contributed by atoms with Gasteiger partial charge in [0, 0.05) is 6.04 Å². The molecule has 0 radical (unpaired) electrons. The van der Waals surface area contributed by atoms with Crippen LogP contribution in [0.5, 0.6) is 0 Å². The highest BCUT2D eigenvalue weighted by Gasteiger charge is 2.19. The van der Waals surface area contributed by atoms with E-state index in [-0.39, 0.29) is 0 Å². The molecule has 5 heteroatoms.